The van der Waals surface area contributed by atoms with Crippen molar-refractivity contribution in [1.82, 2.24) is 19.7 Å². The maximum atomic E-state index is 12.3. The van der Waals surface area contributed by atoms with Crippen LogP contribution in [0, 0.1) is 0 Å². The van der Waals surface area contributed by atoms with Crippen LogP contribution in [-0.4, -0.2) is 25.7 Å². The third-order valence-electron chi connectivity index (χ3n) is 3.76. The number of para-hydroxylation sites is 2. The van der Waals surface area contributed by atoms with Crippen molar-refractivity contribution in [2.45, 2.75) is 39.2 Å². The first-order chi connectivity index (χ1) is 12.2. The number of aryl methyl sites for hydroxylation is 1. The van der Waals surface area contributed by atoms with Gasteiger partial charge in [-0.3, -0.25) is 19.5 Å². The quantitative estimate of drug-likeness (QED) is 0.657. The van der Waals surface area contributed by atoms with Gasteiger partial charge >= 0.3 is 0 Å². The molecular formula is C17H19N5O2S. The van der Waals surface area contributed by atoms with Gasteiger partial charge in [0.15, 0.2) is 0 Å². The summed E-state index contributed by atoms with van der Waals surface area (Å²) in [5, 5.41) is 12.2. The van der Waals surface area contributed by atoms with Gasteiger partial charge in [0.1, 0.15) is 11.6 Å². The van der Waals surface area contributed by atoms with Crippen LogP contribution in [0.2, 0.25) is 0 Å². The van der Waals surface area contributed by atoms with E-state index >= 15 is 0 Å². The number of benzene rings is 1. The standard InChI is InChI=1S/C17H19N5O2S/c1-2-3-4-9-15-20-21-17(25-15)19-14(23)11-22-13-8-6-5-7-12(13)18-10-16(22)24/h5-8,10H,2-4,9,11H2,1H3,(H,19,21,23). The Hall–Kier alpha value is -2.61. The van der Waals surface area contributed by atoms with Crippen LogP contribution in [0.25, 0.3) is 11.0 Å². The van der Waals surface area contributed by atoms with Gasteiger partial charge in [-0.2, -0.15) is 0 Å². The Morgan fingerprint density at radius 2 is 2.08 bits per heavy atom. The number of unbranched alkanes of at least 4 members (excludes halogenated alkanes) is 2. The molecule has 1 amide bonds. The Morgan fingerprint density at radius 1 is 1.24 bits per heavy atom. The van der Waals surface area contributed by atoms with Crippen molar-refractivity contribution >= 4 is 33.4 Å². The lowest BCUT2D eigenvalue weighted by Crippen LogP contribution is -2.27. The lowest BCUT2D eigenvalue weighted by atomic mass is 10.2. The summed E-state index contributed by atoms with van der Waals surface area (Å²) in [6, 6.07) is 7.22. The Labute approximate surface area is 148 Å². The predicted molar refractivity (Wildman–Crippen MR) is 97.8 cm³/mol. The minimum absolute atomic E-state index is 0.0907. The van der Waals surface area contributed by atoms with Gasteiger partial charge in [-0.1, -0.05) is 43.2 Å². The molecule has 3 rings (SSSR count). The average Bonchev–Trinajstić information content (AvgIpc) is 3.05. The van der Waals surface area contributed by atoms with Gasteiger partial charge in [0.25, 0.3) is 5.56 Å². The molecule has 7 nitrogen and oxygen atoms in total. The van der Waals surface area contributed by atoms with E-state index in [2.05, 4.69) is 27.4 Å². The first kappa shape index (κ1) is 17.2. The zero-order valence-corrected chi connectivity index (χ0v) is 14.8. The molecular weight excluding hydrogens is 338 g/mol. The third kappa shape index (κ3) is 4.27. The first-order valence-corrected chi connectivity index (χ1v) is 9.06. The first-order valence-electron chi connectivity index (χ1n) is 8.24. The number of nitrogens with zero attached hydrogens (tertiary/aromatic N) is 4. The molecule has 3 aromatic rings. The molecule has 2 heterocycles. The second kappa shape index (κ2) is 7.98. The predicted octanol–water partition coefficient (Wildman–Crippen LogP) is 2.62. The maximum absolute atomic E-state index is 12.3. The Kier molecular flexibility index (Phi) is 5.49. The van der Waals surface area contributed by atoms with Crippen LogP contribution in [0.4, 0.5) is 5.13 Å². The Bertz CT molecular complexity index is 934. The van der Waals surface area contributed by atoms with Gasteiger partial charge in [-0.15, -0.1) is 10.2 Å². The van der Waals surface area contributed by atoms with Gasteiger partial charge in [0.05, 0.1) is 17.2 Å². The van der Waals surface area contributed by atoms with Gasteiger partial charge in [-0.05, 0) is 18.6 Å². The van der Waals surface area contributed by atoms with Crippen LogP contribution < -0.4 is 10.9 Å². The van der Waals surface area contributed by atoms with Crippen LogP contribution in [0.15, 0.2) is 35.3 Å². The molecule has 25 heavy (non-hydrogen) atoms. The lowest BCUT2D eigenvalue weighted by Gasteiger charge is -2.08. The molecule has 0 spiro atoms. The maximum Gasteiger partial charge on any atom is 0.269 e. The number of hydrogen-bond donors (Lipinski definition) is 1. The fourth-order valence-electron chi connectivity index (χ4n) is 2.51. The summed E-state index contributed by atoms with van der Waals surface area (Å²) in [6.07, 6.45) is 5.47. The summed E-state index contributed by atoms with van der Waals surface area (Å²) in [6.45, 7) is 2.06. The number of hydrogen-bond acceptors (Lipinski definition) is 6. The highest BCUT2D eigenvalue weighted by molar-refractivity contribution is 7.15. The fourth-order valence-corrected chi connectivity index (χ4v) is 3.31. The second-order valence-corrected chi connectivity index (χ2v) is 6.74. The van der Waals surface area contributed by atoms with E-state index in [0.717, 1.165) is 30.7 Å². The van der Waals surface area contributed by atoms with Crippen LogP contribution in [-0.2, 0) is 17.8 Å². The minimum atomic E-state index is -0.314. The molecule has 1 aromatic carbocycles. The summed E-state index contributed by atoms with van der Waals surface area (Å²) >= 11 is 1.38. The Balaban J connectivity index is 1.69. The highest BCUT2D eigenvalue weighted by Gasteiger charge is 2.11. The van der Waals surface area contributed by atoms with E-state index in [1.807, 2.05) is 12.1 Å². The zero-order chi connectivity index (χ0) is 17.6. The van der Waals surface area contributed by atoms with E-state index in [1.165, 1.54) is 22.1 Å². The molecule has 0 saturated heterocycles. The molecule has 0 atom stereocenters. The monoisotopic (exact) mass is 357 g/mol. The van der Waals surface area contributed by atoms with Crippen LogP contribution in [0.1, 0.15) is 31.2 Å². The lowest BCUT2D eigenvalue weighted by molar-refractivity contribution is -0.116. The van der Waals surface area contributed by atoms with E-state index in [0.29, 0.717) is 16.2 Å². The summed E-state index contributed by atoms with van der Waals surface area (Å²) in [4.78, 5) is 28.4. The molecule has 0 radical (unpaired) electrons. The number of amides is 1. The van der Waals surface area contributed by atoms with E-state index in [4.69, 9.17) is 0 Å². The molecule has 130 valence electrons. The molecule has 2 aromatic heterocycles. The van der Waals surface area contributed by atoms with Crippen molar-refractivity contribution in [1.29, 1.82) is 0 Å². The average molecular weight is 357 g/mol. The molecule has 0 aliphatic heterocycles. The molecule has 1 N–H and O–H groups in total. The van der Waals surface area contributed by atoms with E-state index in [-0.39, 0.29) is 18.0 Å². The van der Waals surface area contributed by atoms with E-state index in [1.54, 1.807) is 12.1 Å². The van der Waals surface area contributed by atoms with Crippen molar-refractivity contribution in [3.05, 3.63) is 45.8 Å². The molecule has 0 aliphatic carbocycles. The van der Waals surface area contributed by atoms with Crippen LogP contribution in [0.5, 0.6) is 0 Å². The highest BCUT2D eigenvalue weighted by atomic mass is 32.1. The largest absolute Gasteiger partial charge is 0.299 e. The second-order valence-electron chi connectivity index (χ2n) is 5.68. The molecule has 0 fully saturated rings. The third-order valence-corrected chi connectivity index (χ3v) is 4.66. The topological polar surface area (TPSA) is 89.8 Å². The SMILES string of the molecule is CCCCCc1nnc(NC(=O)Cn2c(=O)cnc3ccccc32)s1. The van der Waals surface area contributed by atoms with Gasteiger partial charge < -0.3 is 0 Å². The molecule has 0 unspecified atom stereocenters. The number of fused-ring (bicyclic) bond motifs is 1. The van der Waals surface area contributed by atoms with Crippen molar-refractivity contribution in [2.75, 3.05) is 5.32 Å². The van der Waals surface area contributed by atoms with Gasteiger partial charge in [0.2, 0.25) is 11.0 Å². The van der Waals surface area contributed by atoms with Gasteiger partial charge in [0, 0.05) is 6.42 Å². The number of rotatable bonds is 7. The smallest absolute Gasteiger partial charge is 0.269 e. The van der Waals surface area contributed by atoms with E-state index < -0.39 is 0 Å². The summed E-state index contributed by atoms with van der Waals surface area (Å²) in [7, 11) is 0. The molecule has 8 heteroatoms. The van der Waals surface area contributed by atoms with Crippen LogP contribution in [0.3, 0.4) is 0 Å². The minimum Gasteiger partial charge on any atom is -0.299 e. The number of aromatic nitrogens is 4. The van der Waals surface area contributed by atoms with Crippen molar-refractivity contribution in [3.8, 4) is 0 Å². The normalized spacial score (nSPS) is 10.9. The highest BCUT2D eigenvalue weighted by Crippen LogP contribution is 2.17. The number of carbonyl (C=O) groups is 1. The molecule has 0 saturated carbocycles. The van der Waals surface area contributed by atoms with Crippen LogP contribution >= 0.6 is 11.3 Å². The molecule has 0 aliphatic rings. The van der Waals surface area contributed by atoms with Crippen molar-refractivity contribution in [3.63, 3.8) is 0 Å². The van der Waals surface area contributed by atoms with Crippen molar-refractivity contribution < 1.29 is 4.79 Å². The number of nitrogens with one attached hydrogen (secondary N) is 1. The summed E-state index contributed by atoms with van der Waals surface area (Å²) in [5.41, 5.74) is 0.984. The summed E-state index contributed by atoms with van der Waals surface area (Å²) in [5.74, 6) is -0.310. The number of carbonyl (C=O) groups excluding carboxylic acids is 1. The summed E-state index contributed by atoms with van der Waals surface area (Å²) < 4.78 is 1.40. The van der Waals surface area contributed by atoms with Gasteiger partial charge in [-0.25, -0.2) is 4.98 Å². The number of anilines is 1. The zero-order valence-electron chi connectivity index (χ0n) is 13.9. The van der Waals surface area contributed by atoms with Crippen molar-refractivity contribution in [2.24, 2.45) is 0 Å². The Morgan fingerprint density at radius 3 is 2.92 bits per heavy atom. The fraction of sp³-hybridized carbons (Fsp3) is 0.353. The molecule has 0 bridgehead atoms. The van der Waals surface area contributed by atoms with E-state index in [9.17, 15) is 9.59 Å².